The van der Waals surface area contributed by atoms with Crippen LogP contribution in [0.15, 0.2) is 0 Å². The van der Waals surface area contributed by atoms with E-state index in [0.717, 1.165) is 43.9 Å². The van der Waals surface area contributed by atoms with Crippen molar-refractivity contribution < 1.29 is 23.2 Å². The zero-order valence-corrected chi connectivity index (χ0v) is 18.1. The van der Waals surface area contributed by atoms with Gasteiger partial charge in [-0.3, -0.25) is 4.79 Å². The van der Waals surface area contributed by atoms with E-state index in [1.165, 1.54) is 0 Å². The molecule has 1 atom stereocenters. The summed E-state index contributed by atoms with van der Waals surface area (Å²) in [4.78, 5) is 10.4. The van der Waals surface area contributed by atoms with E-state index in [9.17, 15) is 4.79 Å². The Labute approximate surface area is 155 Å². The molecule has 0 aromatic heterocycles. The van der Waals surface area contributed by atoms with Gasteiger partial charge in [0, 0.05) is 25.9 Å². The Balaban J connectivity index is 0. The summed E-state index contributed by atoms with van der Waals surface area (Å²) in [7, 11) is -2.37. The SMILES string of the molecule is CCCCC(CC)C(=O)O.CCO[Si](CCCS)(OCC)OCC. The third kappa shape index (κ3) is 13.2. The molecule has 146 valence electrons. The summed E-state index contributed by atoms with van der Waals surface area (Å²) >= 11 is 4.19. The molecule has 0 aliphatic heterocycles. The standard InChI is InChI=1S/C9H22O3SSi.C8H16O2/c1-4-10-14(11-5-2,12-6-3)9-7-8-13;1-3-5-6-7(4-2)8(9)10/h13H,4-9H2,1-3H3;7H,3-6H2,1-2H3,(H,9,10). The van der Waals surface area contributed by atoms with E-state index < -0.39 is 14.8 Å². The van der Waals surface area contributed by atoms with Crippen LogP contribution in [-0.2, 0) is 18.1 Å². The van der Waals surface area contributed by atoms with Crippen molar-refractivity contribution in [2.45, 2.75) is 72.8 Å². The largest absolute Gasteiger partial charge is 0.500 e. The van der Waals surface area contributed by atoms with Crippen LogP contribution in [0.25, 0.3) is 0 Å². The number of carbonyl (C=O) groups is 1. The fraction of sp³-hybridized carbons (Fsp3) is 0.941. The van der Waals surface area contributed by atoms with Crippen LogP contribution < -0.4 is 0 Å². The van der Waals surface area contributed by atoms with Gasteiger partial charge in [-0.05, 0) is 45.8 Å². The van der Waals surface area contributed by atoms with Crippen LogP contribution in [0, 0.1) is 5.92 Å². The van der Waals surface area contributed by atoms with Gasteiger partial charge in [-0.2, -0.15) is 12.6 Å². The van der Waals surface area contributed by atoms with Gasteiger partial charge in [0.1, 0.15) is 0 Å². The number of carboxylic acids is 1. The van der Waals surface area contributed by atoms with Gasteiger partial charge in [0.2, 0.25) is 0 Å². The Morgan fingerprint density at radius 2 is 1.50 bits per heavy atom. The lowest BCUT2D eigenvalue weighted by molar-refractivity contribution is -0.142. The van der Waals surface area contributed by atoms with Crippen molar-refractivity contribution in [3.8, 4) is 0 Å². The molecule has 0 saturated heterocycles. The maximum absolute atomic E-state index is 10.4. The average molecular weight is 383 g/mol. The predicted octanol–water partition coefficient (Wildman–Crippen LogP) is 4.64. The van der Waals surface area contributed by atoms with Crippen LogP contribution >= 0.6 is 12.6 Å². The number of unbranched alkanes of at least 4 members (excludes halogenated alkanes) is 1. The summed E-state index contributed by atoms with van der Waals surface area (Å²) in [5.74, 6) is 0.0954. The van der Waals surface area contributed by atoms with Crippen molar-refractivity contribution in [3.63, 3.8) is 0 Å². The first-order chi connectivity index (χ1) is 11.5. The predicted molar refractivity (Wildman–Crippen MR) is 105 cm³/mol. The van der Waals surface area contributed by atoms with Crippen molar-refractivity contribution in [1.29, 1.82) is 0 Å². The normalized spacial score (nSPS) is 12.4. The molecule has 0 aliphatic rings. The molecule has 0 radical (unpaired) electrons. The molecule has 0 aromatic rings. The van der Waals surface area contributed by atoms with E-state index in [4.69, 9.17) is 18.4 Å². The van der Waals surface area contributed by atoms with Crippen molar-refractivity contribution in [3.05, 3.63) is 0 Å². The lowest BCUT2D eigenvalue weighted by Crippen LogP contribution is -2.46. The molecular formula is C17H38O5SSi. The van der Waals surface area contributed by atoms with E-state index in [1.807, 2.05) is 27.7 Å². The van der Waals surface area contributed by atoms with Gasteiger partial charge in [-0.15, -0.1) is 0 Å². The summed E-state index contributed by atoms with van der Waals surface area (Å²) in [6, 6.07) is 0.867. The van der Waals surface area contributed by atoms with Crippen LogP contribution in [0.4, 0.5) is 0 Å². The monoisotopic (exact) mass is 382 g/mol. The minimum absolute atomic E-state index is 0.111. The van der Waals surface area contributed by atoms with E-state index in [0.29, 0.717) is 19.8 Å². The summed E-state index contributed by atoms with van der Waals surface area (Å²) in [6.07, 6.45) is 4.70. The highest BCUT2D eigenvalue weighted by atomic mass is 32.1. The lowest BCUT2D eigenvalue weighted by Gasteiger charge is -2.28. The number of thiol groups is 1. The fourth-order valence-corrected chi connectivity index (χ4v) is 5.32. The third-order valence-electron chi connectivity index (χ3n) is 3.48. The summed E-state index contributed by atoms with van der Waals surface area (Å²) < 4.78 is 17.0. The second-order valence-electron chi connectivity index (χ2n) is 5.39. The Bertz CT molecular complexity index is 275. The molecule has 0 spiro atoms. The molecule has 5 nitrogen and oxygen atoms in total. The summed E-state index contributed by atoms with van der Waals surface area (Å²) in [5, 5.41) is 8.60. The van der Waals surface area contributed by atoms with Crippen LogP contribution in [0.5, 0.6) is 0 Å². The molecule has 1 unspecified atom stereocenters. The lowest BCUT2D eigenvalue weighted by atomic mass is 10.00. The number of rotatable bonds is 14. The summed E-state index contributed by atoms with van der Waals surface area (Å²) in [6.45, 7) is 11.9. The second-order valence-corrected chi connectivity index (χ2v) is 8.57. The first-order valence-electron chi connectivity index (χ1n) is 9.22. The first-order valence-corrected chi connectivity index (χ1v) is 11.8. The van der Waals surface area contributed by atoms with Crippen molar-refractivity contribution in [1.82, 2.24) is 0 Å². The van der Waals surface area contributed by atoms with E-state index in [2.05, 4.69) is 19.6 Å². The molecule has 0 saturated carbocycles. The zero-order chi connectivity index (χ0) is 18.8. The third-order valence-corrected chi connectivity index (χ3v) is 6.95. The molecule has 24 heavy (non-hydrogen) atoms. The topological polar surface area (TPSA) is 65.0 Å². The quantitative estimate of drug-likeness (QED) is 0.338. The van der Waals surface area contributed by atoms with Gasteiger partial charge in [0.05, 0.1) is 5.92 Å². The Morgan fingerprint density at radius 3 is 1.79 bits per heavy atom. The highest BCUT2D eigenvalue weighted by molar-refractivity contribution is 7.80. The van der Waals surface area contributed by atoms with E-state index in [1.54, 1.807) is 0 Å². The van der Waals surface area contributed by atoms with Crippen LogP contribution in [0.3, 0.4) is 0 Å². The zero-order valence-electron chi connectivity index (χ0n) is 16.2. The van der Waals surface area contributed by atoms with E-state index in [-0.39, 0.29) is 5.92 Å². The Kier molecular flexibility index (Phi) is 19.3. The van der Waals surface area contributed by atoms with Gasteiger partial charge in [0.25, 0.3) is 0 Å². The van der Waals surface area contributed by atoms with Crippen molar-refractivity contribution in [2.75, 3.05) is 25.6 Å². The molecule has 0 amide bonds. The Morgan fingerprint density at radius 1 is 1.00 bits per heavy atom. The highest BCUT2D eigenvalue weighted by Gasteiger charge is 2.39. The molecule has 0 bridgehead atoms. The molecule has 0 aromatic carbocycles. The smallest absolute Gasteiger partial charge is 0.481 e. The van der Waals surface area contributed by atoms with Crippen LogP contribution in [0.2, 0.25) is 6.04 Å². The van der Waals surface area contributed by atoms with Gasteiger partial charge in [-0.1, -0.05) is 26.7 Å². The number of hydrogen-bond donors (Lipinski definition) is 2. The minimum Gasteiger partial charge on any atom is -0.481 e. The Hall–Kier alpha value is -0.0831. The van der Waals surface area contributed by atoms with Crippen LogP contribution in [-0.4, -0.2) is 45.5 Å². The van der Waals surface area contributed by atoms with Crippen molar-refractivity contribution in [2.24, 2.45) is 5.92 Å². The molecule has 7 heteroatoms. The van der Waals surface area contributed by atoms with Crippen molar-refractivity contribution >= 4 is 27.4 Å². The molecule has 0 aliphatic carbocycles. The molecule has 0 fully saturated rings. The van der Waals surface area contributed by atoms with Crippen LogP contribution in [0.1, 0.15) is 66.7 Å². The van der Waals surface area contributed by atoms with Gasteiger partial charge >= 0.3 is 14.8 Å². The first kappa shape index (κ1) is 26.1. The van der Waals surface area contributed by atoms with E-state index >= 15 is 0 Å². The number of hydrogen-bond acceptors (Lipinski definition) is 5. The minimum atomic E-state index is -2.37. The molecular weight excluding hydrogens is 344 g/mol. The highest BCUT2D eigenvalue weighted by Crippen LogP contribution is 2.18. The second kappa shape index (κ2) is 17.7. The maximum Gasteiger partial charge on any atom is 0.500 e. The van der Waals surface area contributed by atoms with Gasteiger partial charge in [-0.25, -0.2) is 0 Å². The van der Waals surface area contributed by atoms with Gasteiger partial charge < -0.3 is 18.4 Å². The number of carboxylic acid groups (broad SMARTS) is 1. The molecule has 1 N–H and O–H groups in total. The average Bonchev–Trinajstić information content (AvgIpc) is 2.55. The molecule has 0 heterocycles. The summed E-state index contributed by atoms with van der Waals surface area (Å²) in [5.41, 5.74) is 0. The maximum atomic E-state index is 10.4. The van der Waals surface area contributed by atoms with Gasteiger partial charge in [0.15, 0.2) is 0 Å². The molecule has 0 rings (SSSR count). The fourth-order valence-electron chi connectivity index (χ4n) is 2.25. The number of aliphatic carboxylic acids is 1.